The number of hydrogen-bond donors (Lipinski definition) is 0. The summed E-state index contributed by atoms with van der Waals surface area (Å²) in [5, 5.41) is 0. The Morgan fingerprint density at radius 2 is 1.86 bits per heavy atom. The third-order valence-electron chi connectivity index (χ3n) is 4.13. The molecule has 0 spiro atoms. The zero-order chi connectivity index (χ0) is 14.8. The molecule has 0 bridgehead atoms. The second kappa shape index (κ2) is 8.04. The van der Waals surface area contributed by atoms with Crippen molar-refractivity contribution in [3.05, 3.63) is 65.0 Å². The molecule has 0 unspecified atom stereocenters. The number of allylic oxidation sites excluding steroid dienone is 1. The number of fused-ring (bicyclic) bond motifs is 1. The first kappa shape index (κ1) is 18.1. The molecule has 0 saturated heterocycles. The van der Waals surface area contributed by atoms with Crippen LogP contribution in [-0.4, -0.2) is 10.4 Å². The van der Waals surface area contributed by atoms with E-state index in [1.54, 1.807) is 6.08 Å². The molecule has 108 valence electrons. The molecule has 2 nitrogen and oxygen atoms in total. The van der Waals surface area contributed by atoms with E-state index in [0.717, 1.165) is 18.5 Å². The van der Waals surface area contributed by atoms with Crippen LogP contribution in [0.3, 0.4) is 0 Å². The first-order chi connectivity index (χ1) is 10.2. The summed E-state index contributed by atoms with van der Waals surface area (Å²) in [7, 11) is 2.05. The zero-order valence-electron chi connectivity index (χ0n) is 13.1. The number of aromatic nitrogens is 1. The van der Waals surface area contributed by atoms with Gasteiger partial charge in [0, 0.05) is 24.0 Å². The van der Waals surface area contributed by atoms with E-state index in [1.165, 1.54) is 24.1 Å². The quantitative estimate of drug-likeness (QED) is 0.356. The Hall–Kier alpha value is -0.234. The Balaban J connectivity index is 0.00000176. The first-order valence-electron chi connectivity index (χ1n) is 7.33. The Kier molecular flexibility index (Phi) is 6.62. The molecule has 1 heterocycles. The normalized spacial score (nSPS) is 14.1. The number of benzene rings is 1. The molecule has 0 aliphatic heterocycles. The van der Waals surface area contributed by atoms with E-state index in [-0.39, 0.29) is 57.2 Å². The number of carbonyl (C=O) groups excluding carboxylic acids is 1. The van der Waals surface area contributed by atoms with Gasteiger partial charge in [-0.05, 0) is 43.4 Å². The fraction of sp³-hybridized carbons (Fsp3) is 0.278. The Morgan fingerprint density at radius 1 is 1.18 bits per heavy atom. The molecule has 0 amide bonds. The minimum atomic E-state index is -0.0280. The summed E-state index contributed by atoms with van der Waals surface area (Å²) in [6.45, 7) is 0. The molecule has 4 heteroatoms. The third kappa shape index (κ3) is 3.81. The molecule has 0 fully saturated rings. The average Bonchev–Trinajstić information content (AvgIpc) is 2.86. The molecule has 3 rings (SSSR count). The summed E-state index contributed by atoms with van der Waals surface area (Å²) in [4.78, 5) is 12.9. The van der Waals surface area contributed by atoms with Crippen molar-refractivity contribution in [1.29, 1.82) is 0 Å². The number of ketones is 1. The van der Waals surface area contributed by atoms with E-state index in [4.69, 9.17) is 12.6 Å². The van der Waals surface area contributed by atoms with Crippen LogP contribution < -0.4 is 51.4 Å². The molecular formula is C18H18KNOS. The second-order valence-electron chi connectivity index (χ2n) is 5.51. The molecule has 0 atom stereocenters. The maximum absolute atomic E-state index is 12.2. The topological polar surface area (TPSA) is 22.0 Å². The molecule has 0 radical (unpaired) electrons. The van der Waals surface area contributed by atoms with Gasteiger partial charge in [0.2, 0.25) is 0 Å². The Labute approximate surface area is 179 Å². The zero-order valence-corrected chi connectivity index (χ0v) is 17.1. The standard InChI is InChI=1S/C18H19NOS.K/c1-19-15-10-6-5-9-14(15)11-16(19)18(21)12-17(20)13-7-3-2-4-8-13;/h2-4,7-8,11-12,21H,5-6,9-10H2,1H3;/q;+1/p-1/b18-12-;. The van der Waals surface area contributed by atoms with Gasteiger partial charge in [0.05, 0.1) is 0 Å². The van der Waals surface area contributed by atoms with Gasteiger partial charge in [0.15, 0.2) is 5.78 Å². The van der Waals surface area contributed by atoms with Crippen molar-refractivity contribution < 1.29 is 56.2 Å². The second-order valence-corrected chi connectivity index (χ2v) is 5.95. The summed E-state index contributed by atoms with van der Waals surface area (Å²) in [6.07, 6.45) is 6.30. The fourth-order valence-corrected chi connectivity index (χ4v) is 3.28. The maximum atomic E-state index is 12.2. The molecule has 1 aliphatic carbocycles. The smallest absolute Gasteiger partial charge is 0.778 e. The van der Waals surface area contributed by atoms with Gasteiger partial charge in [-0.25, -0.2) is 0 Å². The van der Waals surface area contributed by atoms with E-state index in [1.807, 2.05) is 37.4 Å². The number of carbonyl (C=O) groups is 1. The van der Waals surface area contributed by atoms with Gasteiger partial charge in [-0.2, -0.15) is 0 Å². The number of nitrogens with zero attached hydrogens (tertiary/aromatic N) is 1. The SMILES string of the molecule is Cn1c(/C([S-])=C/C(=O)c2ccccc2)cc2c1CCCC2.[K+]. The monoisotopic (exact) mass is 335 g/mol. The molecule has 1 aromatic heterocycles. The number of aryl methyl sites for hydroxylation is 1. The van der Waals surface area contributed by atoms with Crippen molar-refractivity contribution in [1.82, 2.24) is 4.57 Å². The van der Waals surface area contributed by atoms with Crippen molar-refractivity contribution in [2.75, 3.05) is 0 Å². The predicted octanol–water partition coefficient (Wildman–Crippen LogP) is 0.679. The summed E-state index contributed by atoms with van der Waals surface area (Å²) in [6, 6.07) is 11.4. The molecule has 22 heavy (non-hydrogen) atoms. The number of hydrogen-bond acceptors (Lipinski definition) is 2. The van der Waals surface area contributed by atoms with Gasteiger partial charge in [0.1, 0.15) is 0 Å². The van der Waals surface area contributed by atoms with Crippen LogP contribution >= 0.6 is 0 Å². The average molecular weight is 336 g/mol. The maximum Gasteiger partial charge on any atom is 1.00 e. The van der Waals surface area contributed by atoms with Crippen molar-refractivity contribution in [2.45, 2.75) is 25.7 Å². The van der Waals surface area contributed by atoms with Crippen LogP contribution in [0.5, 0.6) is 0 Å². The van der Waals surface area contributed by atoms with E-state index < -0.39 is 0 Å². The molecule has 2 aromatic rings. The van der Waals surface area contributed by atoms with Crippen molar-refractivity contribution >= 4 is 23.3 Å². The largest absolute Gasteiger partial charge is 1.00 e. The van der Waals surface area contributed by atoms with Gasteiger partial charge in [0.25, 0.3) is 0 Å². The van der Waals surface area contributed by atoms with Crippen LogP contribution in [0, 0.1) is 0 Å². The Morgan fingerprint density at radius 3 is 2.55 bits per heavy atom. The summed E-state index contributed by atoms with van der Waals surface area (Å²) >= 11 is 5.48. The van der Waals surface area contributed by atoms with Gasteiger partial charge in [-0.3, -0.25) is 4.79 Å². The fourth-order valence-electron chi connectivity index (χ4n) is 2.97. The van der Waals surface area contributed by atoms with Gasteiger partial charge in [-0.1, -0.05) is 30.3 Å². The van der Waals surface area contributed by atoms with Crippen LogP contribution in [-0.2, 0) is 32.5 Å². The van der Waals surface area contributed by atoms with E-state index in [9.17, 15) is 4.79 Å². The van der Waals surface area contributed by atoms with E-state index in [0.29, 0.717) is 10.5 Å². The molecule has 1 aromatic carbocycles. The van der Waals surface area contributed by atoms with Gasteiger partial charge >= 0.3 is 51.4 Å². The molecular weight excluding hydrogens is 317 g/mol. The van der Waals surface area contributed by atoms with Crippen molar-refractivity contribution in [3.63, 3.8) is 0 Å². The van der Waals surface area contributed by atoms with Crippen LogP contribution in [0.2, 0.25) is 0 Å². The number of rotatable bonds is 3. The van der Waals surface area contributed by atoms with Gasteiger partial charge < -0.3 is 17.2 Å². The van der Waals surface area contributed by atoms with Crippen LogP contribution in [0.4, 0.5) is 0 Å². The predicted molar refractivity (Wildman–Crippen MR) is 88.2 cm³/mol. The third-order valence-corrected chi connectivity index (χ3v) is 4.46. The van der Waals surface area contributed by atoms with Crippen LogP contribution in [0.25, 0.3) is 4.91 Å². The summed E-state index contributed by atoms with van der Waals surface area (Å²) < 4.78 is 2.16. The molecule has 0 saturated carbocycles. The van der Waals surface area contributed by atoms with Crippen LogP contribution in [0.1, 0.15) is 40.2 Å². The minimum Gasteiger partial charge on any atom is -0.778 e. The first-order valence-corrected chi connectivity index (χ1v) is 7.73. The summed E-state index contributed by atoms with van der Waals surface area (Å²) in [5.41, 5.74) is 4.43. The van der Waals surface area contributed by atoms with Crippen molar-refractivity contribution in [2.24, 2.45) is 7.05 Å². The van der Waals surface area contributed by atoms with Crippen LogP contribution in [0.15, 0.2) is 42.5 Å². The molecule has 1 aliphatic rings. The molecule has 0 N–H and O–H groups in total. The minimum absolute atomic E-state index is 0. The Bertz CT molecular complexity index is 703. The van der Waals surface area contributed by atoms with E-state index >= 15 is 0 Å². The van der Waals surface area contributed by atoms with Crippen molar-refractivity contribution in [3.8, 4) is 0 Å². The van der Waals surface area contributed by atoms with Gasteiger partial charge in [-0.15, -0.1) is 4.91 Å². The van der Waals surface area contributed by atoms with E-state index in [2.05, 4.69) is 10.6 Å². The summed E-state index contributed by atoms with van der Waals surface area (Å²) in [5.74, 6) is -0.0280.